The molecule has 0 bridgehead atoms. The van der Waals surface area contributed by atoms with Gasteiger partial charge in [-0.15, -0.1) is 0 Å². The summed E-state index contributed by atoms with van der Waals surface area (Å²) in [7, 11) is -1.78. The van der Waals surface area contributed by atoms with Gasteiger partial charge in [0, 0.05) is 29.2 Å². The summed E-state index contributed by atoms with van der Waals surface area (Å²) < 4.78 is 30.2. The van der Waals surface area contributed by atoms with Gasteiger partial charge in [0.25, 0.3) is 0 Å². The number of ether oxygens (including phenoxy) is 1. The second-order valence-corrected chi connectivity index (χ2v) is 9.17. The third-order valence-corrected chi connectivity index (χ3v) is 6.46. The third kappa shape index (κ3) is 4.68. The molecule has 8 heteroatoms. The molecule has 0 spiro atoms. The number of hydrogen-bond donors (Lipinski definition) is 0. The Labute approximate surface area is 157 Å². The molecule has 2 unspecified atom stereocenters. The Hall–Kier alpha value is -1.25. The van der Waals surface area contributed by atoms with Crippen molar-refractivity contribution in [2.75, 3.05) is 26.5 Å². The minimum atomic E-state index is -3.14. The highest BCUT2D eigenvalue weighted by molar-refractivity contribution is 9.10. The maximum Gasteiger partial charge on any atom is 0.318 e. The van der Waals surface area contributed by atoms with Gasteiger partial charge in [-0.2, -0.15) is 0 Å². The number of sulfonamides is 1. The van der Waals surface area contributed by atoms with Crippen molar-refractivity contribution in [1.82, 2.24) is 4.31 Å². The Morgan fingerprint density at radius 1 is 1.36 bits per heavy atom. The van der Waals surface area contributed by atoms with Gasteiger partial charge in [-0.1, -0.05) is 34.1 Å². The average Bonchev–Trinajstić information content (AvgIpc) is 2.46. The van der Waals surface area contributed by atoms with E-state index < -0.39 is 15.9 Å². The summed E-state index contributed by atoms with van der Waals surface area (Å²) in [6.07, 6.45) is 1.21. The summed E-state index contributed by atoms with van der Waals surface area (Å²) in [5, 5.41) is 0. The van der Waals surface area contributed by atoms with Crippen LogP contribution in [0.2, 0.25) is 0 Å². The van der Waals surface area contributed by atoms with Crippen molar-refractivity contribution in [1.29, 1.82) is 0 Å². The van der Waals surface area contributed by atoms with E-state index in [0.29, 0.717) is 18.8 Å². The van der Waals surface area contributed by atoms with Gasteiger partial charge in [-0.05, 0) is 25.5 Å². The van der Waals surface area contributed by atoms with Crippen molar-refractivity contribution < 1.29 is 17.9 Å². The first-order valence-corrected chi connectivity index (χ1v) is 10.6. The predicted molar refractivity (Wildman–Crippen MR) is 101 cm³/mol. The molecule has 2 atom stereocenters. The maximum atomic E-state index is 12.3. The van der Waals surface area contributed by atoms with Crippen LogP contribution in [-0.2, 0) is 19.6 Å². The summed E-state index contributed by atoms with van der Waals surface area (Å²) in [5.74, 6) is -0.803. The molecule has 1 aromatic rings. The Balaban J connectivity index is 2.19. The van der Waals surface area contributed by atoms with Crippen molar-refractivity contribution in [2.45, 2.75) is 25.8 Å². The smallest absolute Gasteiger partial charge is 0.318 e. The highest BCUT2D eigenvalue weighted by Gasteiger charge is 2.37. The summed E-state index contributed by atoms with van der Waals surface area (Å²) >= 11 is 3.48. The van der Waals surface area contributed by atoms with Crippen LogP contribution in [0.5, 0.6) is 0 Å². The lowest BCUT2D eigenvalue weighted by Crippen LogP contribution is -2.53. The highest BCUT2D eigenvalue weighted by Crippen LogP contribution is 2.29. The van der Waals surface area contributed by atoms with E-state index in [-0.39, 0.29) is 17.9 Å². The van der Waals surface area contributed by atoms with Gasteiger partial charge in [0.1, 0.15) is 5.92 Å². The Kier molecular flexibility index (Phi) is 6.40. The second kappa shape index (κ2) is 7.97. The molecule has 1 aromatic carbocycles. The average molecular weight is 431 g/mol. The standard InChI is InChI=1S/C17H23BrN2O4S/c1-11(13-9-20(10-13)25(4,22)23)19-12(2)16(17(21)24-3)14-7-5-6-8-15(14)18/h5-8,11,13,16H,9-10H2,1-4H3/b19-12+. The number of rotatable bonds is 6. The van der Waals surface area contributed by atoms with Crippen LogP contribution in [-0.4, -0.2) is 56.9 Å². The first kappa shape index (κ1) is 20.1. The Bertz CT molecular complexity index is 773. The minimum absolute atomic E-state index is 0.0763. The molecule has 1 aliphatic rings. The summed E-state index contributed by atoms with van der Waals surface area (Å²) in [4.78, 5) is 17.0. The quantitative estimate of drug-likeness (QED) is 0.512. The molecular formula is C17H23BrN2O4S. The van der Waals surface area contributed by atoms with Crippen LogP contribution in [0.1, 0.15) is 25.3 Å². The van der Waals surface area contributed by atoms with E-state index in [1.807, 2.05) is 38.1 Å². The molecule has 1 aliphatic heterocycles. The largest absolute Gasteiger partial charge is 0.468 e. The zero-order valence-corrected chi connectivity index (χ0v) is 17.2. The molecule has 0 aliphatic carbocycles. The molecule has 0 saturated carbocycles. The van der Waals surface area contributed by atoms with Gasteiger partial charge in [0.2, 0.25) is 10.0 Å². The van der Waals surface area contributed by atoms with E-state index in [4.69, 9.17) is 4.74 Å². The molecule has 1 fully saturated rings. The number of nitrogens with zero attached hydrogens (tertiary/aromatic N) is 2. The lowest BCUT2D eigenvalue weighted by atomic mass is 9.92. The number of benzene rings is 1. The summed E-state index contributed by atoms with van der Waals surface area (Å²) in [6.45, 7) is 4.69. The molecule has 138 valence electrons. The number of carbonyl (C=O) groups excluding carboxylic acids is 1. The van der Waals surface area contributed by atoms with E-state index in [1.54, 1.807) is 0 Å². The highest BCUT2D eigenvalue weighted by atomic mass is 79.9. The van der Waals surface area contributed by atoms with Gasteiger partial charge < -0.3 is 4.74 Å². The van der Waals surface area contributed by atoms with E-state index in [2.05, 4.69) is 20.9 Å². The van der Waals surface area contributed by atoms with Gasteiger partial charge in [0.05, 0.1) is 19.4 Å². The van der Waals surface area contributed by atoms with E-state index in [0.717, 1.165) is 10.0 Å². The van der Waals surface area contributed by atoms with Crippen molar-refractivity contribution in [3.05, 3.63) is 34.3 Å². The van der Waals surface area contributed by atoms with Crippen molar-refractivity contribution in [2.24, 2.45) is 10.9 Å². The fourth-order valence-corrected chi connectivity index (χ4v) is 4.33. The van der Waals surface area contributed by atoms with Crippen LogP contribution < -0.4 is 0 Å². The van der Waals surface area contributed by atoms with Crippen LogP contribution in [0.4, 0.5) is 0 Å². The number of carbonyl (C=O) groups is 1. The molecule has 1 saturated heterocycles. The van der Waals surface area contributed by atoms with Crippen LogP contribution in [0.15, 0.2) is 33.7 Å². The topological polar surface area (TPSA) is 76.0 Å². The predicted octanol–water partition coefficient (Wildman–Crippen LogP) is 2.45. The molecule has 2 rings (SSSR count). The van der Waals surface area contributed by atoms with Gasteiger partial charge in [-0.3, -0.25) is 9.79 Å². The molecule has 6 nitrogen and oxygen atoms in total. The number of hydrogen-bond acceptors (Lipinski definition) is 5. The molecule has 1 heterocycles. The molecule has 25 heavy (non-hydrogen) atoms. The first-order valence-electron chi connectivity index (χ1n) is 7.96. The number of esters is 1. The molecule has 0 N–H and O–H groups in total. The zero-order chi connectivity index (χ0) is 18.8. The van der Waals surface area contributed by atoms with Crippen LogP contribution in [0.25, 0.3) is 0 Å². The second-order valence-electron chi connectivity index (χ2n) is 6.33. The first-order chi connectivity index (χ1) is 11.6. The molecular weight excluding hydrogens is 408 g/mol. The monoisotopic (exact) mass is 430 g/mol. The van der Waals surface area contributed by atoms with Crippen LogP contribution in [0, 0.1) is 5.92 Å². The number of halogens is 1. The number of methoxy groups -OCH3 is 1. The SMILES string of the molecule is COC(=O)C(/C(C)=N/C(C)C1CN(S(C)(=O)=O)C1)c1ccccc1Br. The lowest BCUT2D eigenvalue weighted by Gasteiger charge is -2.39. The van der Waals surface area contributed by atoms with E-state index >= 15 is 0 Å². The van der Waals surface area contributed by atoms with E-state index in [1.165, 1.54) is 17.7 Å². The Morgan fingerprint density at radius 3 is 2.48 bits per heavy atom. The van der Waals surface area contributed by atoms with Crippen molar-refractivity contribution >= 4 is 37.6 Å². The lowest BCUT2D eigenvalue weighted by molar-refractivity contribution is -0.140. The number of aliphatic imine (C=N–C) groups is 1. The summed E-state index contributed by atoms with van der Waals surface area (Å²) in [6, 6.07) is 7.41. The summed E-state index contributed by atoms with van der Waals surface area (Å²) in [5.41, 5.74) is 1.46. The minimum Gasteiger partial charge on any atom is -0.468 e. The molecule has 0 aromatic heterocycles. The third-order valence-electron chi connectivity index (χ3n) is 4.51. The van der Waals surface area contributed by atoms with Gasteiger partial charge >= 0.3 is 5.97 Å². The molecule has 0 amide bonds. The normalized spacial score (nSPS) is 19.2. The van der Waals surface area contributed by atoms with Gasteiger partial charge in [-0.25, -0.2) is 12.7 Å². The van der Waals surface area contributed by atoms with Crippen LogP contribution >= 0.6 is 15.9 Å². The van der Waals surface area contributed by atoms with Gasteiger partial charge in [0.15, 0.2) is 0 Å². The zero-order valence-electron chi connectivity index (χ0n) is 14.8. The fourth-order valence-electron chi connectivity index (χ4n) is 2.90. The van der Waals surface area contributed by atoms with Crippen molar-refractivity contribution in [3.63, 3.8) is 0 Å². The van der Waals surface area contributed by atoms with Crippen molar-refractivity contribution in [3.8, 4) is 0 Å². The fraction of sp³-hybridized carbons (Fsp3) is 0.529. The maximum absolute atomic E-state index is 12.3. The Morgan fingerprint density at radius 2 is 1.96 bits per heavy atom. The van der Waals surface area contributed by atoms with Crippen LogP contribution in [0.3, 0.4) is 0 Å². The van der Waals surface area contributed by atoms with E-state index in [9.17, 15) is 13.2 Å². The molecule has 0 radical (unpaired) electrons.